The number of thiophene rings is 1. The van der Waals surface area contributed by atoms with Crippen molar-refractivity contribution in [3.8, 4) is 0 Å². The maximum absolute atomic E-state index is 5.90. The lowest BCUT2D eigenvalue weighted by molar-refractivity contribution is 0.383. The first-order valence-electron chi connectivity index (χ1n) is 6.70. The third-order valence-corrected chi connectivity index (χ3v) is 5.41. The van der Waals surface area contributed by atoms with Crippen molar-refractivity contribution in [2.75, 3.05) is 24.5 Å². The van der Waals surface area contributed by atoms with Gasteiger partial charge in [0, 0.05) is 18.0 Å². The quantitative estimate of drug-likeness (QED) is 0.915. The molecule has 0 spiro atoms. The minimum Gasteiger partial charge on any atom is -0.355 e. The molecule has 4 nitrogen and oxygen atoms in total. The molecule has 0 aromatic carbocycles. The van der Waals surface area contributed by atoms with Gasteiger partial charge in [0.05, 0.1) is 5.39 Å². The van der Waals surface area contributed by atoms with Gasteiger partial charge < -0.3 is 10.6 Å². The molecule has 0 radical (unpaired) electrons. The zero-order valence-electron chi connectivity index (χ0n) is 11.7. The molecule has 1 unspecified atom stereocenters. The standard InChI is InChI=1S/C14H20N4S/c1-9-10(2)19-13-11(9)12(16-8-17-13)18-5-4-14(3,6-15)7-18/h8H,4-7,15H2,1-3H3. The molecule has 0 amide bonds. The summed E-state index contributed by atoms with van der Waals surface area (Å²) in [6.07, 6.45) is 2.82. The van der Waals surface area contributed by atoms with Gasteiger partial charge >= 0.3 is 0 Å². The number of nitrogens with two attached hydrogens (primary N) is 1. The van der Waals surface area contributed by atoms with E-state index in [9.17, 15) is 0 Å². The number of anilines is 1. The molecule has 3 heterocycles. The molecule has 2 N–H and O–H groups in total. The maximum Gasteiger partial charge on any atom is 0.141 e. The SMILES string of the molecule is Cc1sc2ncnc(N3CCC(C)(CN)C3)c2c1C. The van der Waals surface area contributed by atoms with Crippen molar-refractivity contribution < 1.29 is 0 Å². The van der Waals surface area contributed by atoms with E-state index in [-0.39, 0.29) is 5.41 Å². The largest absolute Gasteiger partial charge is 0.355 e. The number of nitrogens with zero attached hydrogens (tertiary/aromatic N) is 3. The Balaban J connectivity index is 2.07. The van der Waals surface area contributed by atoms with Gasteiger partial charge in [-0.2, -0.15) is 0 Å². The van der Waals surface area contributed by atoms with Crippen molar-refractivity contribution in [1.29, 1.82) is 0 Å². The molecule has 0 bridgehead atoms. The molecule has 2 aromatic heterocycles. The molecule has 1 aliphatic heterocycles. The third-order valence-electron chi connectivity index (χ3n) is 4.30. The van der Waals surface area contributed by atoms with Crippen molar-refractivity contribution in [3.05, 3.63) is 16.8 Å². The first-order chi connectivity index (χ1) is 9.04. The molecular weight excluding hydrogens is 256 g/mol. The number of aryl methyl sites for hydroxylation is 2. The molecule has 0 saturated carbocycles. The molecule has 19 heavy (non-hydrogen) atoms. The average Bonchev–Trinajstić information content (AvgIpc) is 2.93. The van der Waals surface area contributed by atoms with Gasteiger partial charge in [0.2, 0.25) is 0 Å². The van der Waals surface area contributed by atoms with Gasteiger partial charge in [-0.3, -0.25) is 0 Å². The zero-order valence-corrected chi connectivity index (χ0v) is 12.5. The van der Waals surface area contributed by atoms with Crippen LogP contribution in [0.1, 0.15) is 23.8 Å². The minimum absolute atomic E-state index is 0.218. The van der Waals surface area contributed by atoms with Crippen molar-refractivity contribution in [1.82, 2.24) is 9.97 Å². The zero-order chi connectivity index (χ0) is 13.6. The lowest BCUT2D eigenvalue weighted by Crippen LogP contribution is -2.31. The maximum atomic E-state index is 5.90. The highest BCUT2D eigenvalue weighted by Gasteiger charge is 2.34. The Hall–Kier alpha value is -1.20. The summed E-state index contributed by atoms with van der Waals surface area (Å²) in [7, 11) is 0. The van der Waals surface area contributed by atoms with Gasteiger partial charge in [-0.15, -0.1) is 11.3 Å². The smallest absolute Gasteiger partial charge is 0.141 e. The fourth-order valence-corrected chi connectivity index (χ4v) is 3.77. The van der Waals surface area contributed by atoms with E-state index in [0.29, 0.717) is 0 Å². The molecule has 1 fully saturated rings. The summed E-state index contributed by atoms with van der Waals surface area (Å²) in [6.45, 7) is 9.34. The van der Waals surface area contributed by atoms with E-state index in [2.05, 4.69) is 35.6 Å². The highest BCUT2D eigenvalue weighted by molar-refractivity contribution is 7.18. The van der Waals surface area contributed by atoms with Crippen LogP contribution in [0.5, 0.6) is 0 Å². The summed E-state index contributed by atoms with van der Waals surface area (Å²) < 4.78 is 0. The predicted molar refractivity (Wildman–Crippen MR) is 80.9 cm³/mol. The molecule has 1 atom stereocenters. The summed E-state index contributed by atoms with van der Waals surface area (Å²) in [6, 6.07) is 0. The van der Waals surface area contributed by atoms with E-state index in [4.69, 9.17) is 5.73 Å². The van der Waals surface area contributed by atoms with Crippen LogP contribution in [-0.4, -0.2) is 29.6 Å². The van der Waals surface area contributed by atoms with E-state index in [1.807, 2.05) is 0 Å². The lowest BCUT2D eigenvalue weighted by Gasteiger charge is -2.23. The van der Waals surface area contributed by atoms with Crippen LogP contribution in [0, 0.1) is 19.3 Å². The highest BCUT2D eigenvalue weighted by Crippen LogP contribution is 2.38. The van der Waals surface area contributed by atoms with Gasteiger partial charge in [-0.25, -0.2) is 9.97 Å². The number of rotatable bonds is 2. The lowest BCUT2D eigenvalue weighted by atomic mass is 9.90. The molecule has 2 aromatic rings. The van der Waals surface area contributed by atoms with E-state index in [0.717, 1.165) is 36.7 Å². The van der Waals surface area contributed by atoms with Crippen LogP contribution in [0.4, 0.5) is 5.82 Å². The normalized spacial score (nSPS) is 23.5. The topological polar surface area (TPSA) is 55.0 Å². The van der Waals surface area contributed by atoms with Crippen molar-refractivity contribution >= 4 is 27.4 Å². The van der Waals surface area contributed by atoms with Crippen LogP contribution in [0.15, 0.2) is 6.33 Å². The van der Waals surface area contributed by atoms with Crippen LogP contribution in [0.2, 0.25) is 0 Å². The first-order valence-corrected chi connectivity index (χ1v) is 7.51. The molecule has 102 valence electrons. The predicted octanol–water partition coefficient (Wildman–Crippen LogP) is 2.48. The van der Waals surface area contributed by atoms with Crippen molar-refractivity contribution in [3.63, 3.8) is 0 Å². The number of hydrogen-bond donors (Lipinski definition) is 1. The fourth-order valence-electron chi connectivity index (χ4n) is 2.77. The van der Waals surface area contributed by atoms with E-state index < -0.39 is 0 Å². The van der Waals surface area contributed by atoms with Crippen LogP contribution < -0.4 is 10.6 Å². The monoisotopic (exact) mass is 276 g/mol. The van der Waals surface area contributed by atoms with Gasteiger partial charge in [0.15, 0.2) is 0 Å². The molecule has 1 aliphatic rings. The summed E-state index contributed by atoms with van der Waals surface area (Å²) in [5.74, 6) is 1.09. The Morgan fingerprint density at radius 1 is 1.42 bits per heavy atom. The Labute approximate surface area is 117 Å². The minimum atomic E-state index is 0.218. The second kappa shape index (κ2) is 4.42. The van der Waals surface area contributed by atoms with E-state index in [1.54, 1.807) is 17.7 Å². The summed E-state index contributed by atoms with van der Waals surface area (Å²) >= 11 is 1.75. The van der Waals surface area contributed by atoms with Gasteiger partial charge in [-0.1, -0.05) is 6.92 Å². The number of fused-ring (bicyclic) bond motifs is 1. The average molecular weight is 276 g/mol. The Morgan fingerprint density at radius 3 is 2.89 bits per heavy atom. The molecule has 1 saturated heterocycles. The second-order valence-corrected chi connectivity index (χ2v) is 7.05. The van der Waals surface area contributed by atoms with Crippen LogP contribution in [0.3, 0.4) is 0 Å². The number of aromatic nitrogens is 2. The van der Waals surface area contributed by atoms with Crippen LogP contribution >= 0.6 is 11.3 Å². The highest BCUT2D eigenvalue weighted by atomic mass is 32.1. The van der Waals surface area contributed by atoms with E-state index in [1.165, 1.54) is 15.8 Å². The summed E-state index contributed by atoms with van der Waals surface area (Å²) in [4.78, 5) is 13.8. The molecule has 3 rings (SSSR count). The van der Waals surface area contributed by atoms with Crippen LogP contribution in [-0.2, 0) is 0 Å². The fraction of sp³-hybridized carbons (Fsp3) is 0.571. The Bertz CT molecular complexity index is 621. The summed E-state index contributed by atoms with van der Waals surface area (Å²) in [5, 5.41) is 1.23. The third kappa shape index (κ3) is 2.01. The summed E-state index contributed by atoms with van der Waals surface area (Å²) in [5.41, 5.74) is 7.43. The molecular formula is C14H20N4S. The van der Waals surface area contributed by atoms with Gasteiger partial charge in [-0.05, 0) is 37.8 Å². The van der Waals surface area contributed by atoms with Gasteiger partial charge in [0.1, 0.15) is 17.0 Å². The Morgan fingerprint density at radius 2 is 2.21 bits per heavy atom. The van der Waals surface area contributed by atoms with Crippen molar-refractivity contribution in [2.45, 2.75) is 27.2 Å². The van der Waals surface area contributed by atoms with Gasteiger partial charge in [0.25, 0.3) is 0 Å². The van der Waals surface area contributed by atoms with E-state index >= 15 is 0 Å². The molecule has 5 heteroatoms. The second-order valence-electron chi connectivity index (χ2n) is 5.85. The Kier molecular flexibility index (Phi) is 2.98. The molecule has 0 aliphatic carbocycles. The van der Waals surface area contributed by atoms with Crippen LogP contribution in [0.25, 0.3) is 10.2 Å². The number of hydrogen-bond acceptors (Lipinski definition) is 5. The first kappa shape index (κ1) is 12.8. The van der Waals surface area contributed by atoms with Crippen molar-refractivity contribution in [2.24, 2.45) is 11.1 Å².